The molecule has 1 aliphatic rings. The van der Waals surface area contributed by atoms with E-state index in [1.807, 2.05) is 18.2 Å². The van der Waals surface area contributed by atoms with Gasteiger partial charge in [0.25, 0.3) is 5.56 Å². The van der Waals surface area contributed by atoms with E-state index >= 15 is 0 Å². The van der Waals surface area contributed by atoms with Gasteiger partial charge in [0.1, 0.15) is 5.69 Å². The number of anilines is 1. The Morgan fingerprint density at radius 2 is 1.55 bits per heavy atom. The summed E-state index contributed by atoms with van der Waals surface area (Å²) in [4.78, 5) is 26.1. The lowest BCUT2D eigenvalue weighted by Gasteiger charge is -2.16. The Morgan fingerprint density at radius 1 is 1.00 bits per heavy atom. The van der Waals surface area contributed by atoms with Gasteiger partial charge in [0, 0.05) is 7.05 Å². The molecule has 3 aromatic rings. The zero-order valence-corrected chi connectivity index (χ0v) is 16.9. The van der Waals surface area contributed by atoms with E-state index < -0.39 is 26.1 Å². The number of sulfone groups is 1. The molecule has 8 heteroatoms. The third kappa shape index (κ3) is 2.91. The number of carbonyl (C=O) groups excluding carboxylic acids is 1. The fraction of sp³-hybridized carbons (Fsp3) is 0.238. The minimum absolute atomic E-state index is 0.0934. The van der Waals surface area contributed by atoms with Crippen molar-refractivity contribution in [2.75, 3.05) is 5.32 Å². The van der Waals surface area contributed by atoms with E-state index in [0.717, 1.165) is 0 Å². The Morgan fingerprint density at radius 3 is 2.10 bits per heavy atom. The first-order valence-electron chi connectivity index (χ1n) is 9.25. The van der Waals surface area contributed by atoms with E-state index in [0.29, 0.717) is 11.4 Å². The van der Waals surface area contributed by atoms with Crippen LogP contribution in [0.4, 0.5) is 5.69 Å². The number of amides is 1. The van der Waals surface area contributed by atoms with Gasteiger partial charge in [-0.05, 0) is 44.0 Å². The molecule has 1 heterocycles. The standard InChI is InChI=1S/C21H21N3O4S/c1-15-18(19(25)24(23(15)2)16-9-5-3-6-10-16)22-20(26)21(13-14-21)29(27,28)17-11-7-4-8-12-17/h3-12H,13-14H2,1-2H3,(H,22,26). The van der Waals surface area contributed by atoms with Gasteiger partial charge in [0.15, 0.2) is 14.6 Å². The van der Waals surface area contributed by atoms with Crippen molar-refractivity contribution < 1.29 is 13.2 Å². The van der Waals surface area contributed by atoms with E-state index in [1.54, 1.807) is 49.0 Å². The van der Waals surface area contributed by atoms with Crippen molar-refractivity contribution in [3.63, 3.8) is 0 Å². The van der Waals surface area contributed by atoms with Crippen LogP contribution in [0.5, 0.6) is 0 Å². The number of nitrogens with one attached hydrogen (secondary N) is 1. The molecule has 7 nitrogen and oxygen atoms in total. The van der Waals surface area contributed by atoms with Crippen LogP contribution >= 0.6 is 0 Å². The summed E-state index contributed by atoms with van der Waals surface area (Å²) in [7, 11) is -2.14. The number of hydrogen-bond acceptors (Lipinski definition) is 4. The molecular formula is C21H21N3O4S. The number of carbonyl (C=O) groups is 1. The molecule has 0 unspecified atom stereocenters. The van der Waals surface area contributed by atoms with Crippen LogP contribution in [-0.2, 0) is 21.7 Å². The number of benzene rings is 2. The topological polar surface area (TPSA) is 90.2 Å². The third-order valence-corrected chi connectivity index (χ3v) is 7.99. The molecule has 0 bridgehead atoms. The second kappa shape index (κ2) is 6.73. The molecule has 1 saturated carbocycles. The zero-order chi connectivity index (χ0) is 20.8. The minimum atomic E-state index is -3.86. The molecule has 150 valence electrons. The fourth-order valence-electron chi connectivity index (χ4n) is 3.50. The highest BCUT2D eigenvalue weighted by molar-refractivity contribution is 7.94. The van der Waals surface area contributed by atoms with Gasteiger partial charge in [-0.2, -0.15) is 0 Å². The van der Waals surface area contributed by atoms with E-state index in [4.69, 9.17) is 0 Å². The summed E-state index contributed by atoms with van der Waals surface area (Å²) in [6.45, 7) is 1.71. The minimum Gasteiger partial charge on any atom is -0.319 e. The van der Waals surface area contributed by atoms with Gasteiger partial charge in [0.05, 0.1) is 16.3 Å². The lowest BCUT2D eigenvalue weighted by Crippen LogP contribution is -2.38. The van der Waals surface area contributed by atoms with Crippen LogP contribution in [-0.4, -0.2) is 28.4 Å². The Labute approximate surface area is 168 Å². The average Bonchev–Trinajstić information content (AvgIpc) is 3.52. The van der Waals surface area contributed by atoms with Crippen LogP contribution in [0.15, 0.2) is 70.4 Å². The first-order chi connectivity index (χ1) is 13.8. The van der Waals surface area contributed by atoms with Gasteiger partial charge in [-0.15, -0.1) is 0 Å². The maximum Gasteiger partial charge on any atom is 0.295 e. The highest BCUT2D eigenvalue weighted by Gasteiger charge is 2.61. The number of para-hydroxylation sites is 1. The van der Waals surface area contributed by atoms with E-state index in [2.05, 4.69) is 5.32 Å². The second-order valence-corrected chi connectivity index (χ2v) is 9.46. The SMILES string of the molecule is Cc1c(NC(=O)C2(S(=O)(=O)c3ccccc3)CC2)c(=O)n(-c2ccccc2)n1C. The quantitative estimate of drug-likeness (QED) is 0.698. The first kappa shape index (κ1) is 19.2. The Bertz CT molecular complexity index is 1240. The monoisotopic (exact) mass is 411 g/mol. The van der Waals surface area contributed by atoms with Gasteiger partial charge in [-0.3, -0.25) is 14.3 Å². The summed E-state index contributed by atoms with van der Waals surface area (Å²) in [5.41, 5.74) is 0.884. The van der Waals surface area contributed by atoms with Crippen LogP contribution in [0.1, 0.15) is 18.5 Å². The van der Waals surface area contributed by atoms with E-state index in [9.17, 15) is 18.0 Å². The summed E-state index contributed by atoms with van der Waals surface area (Å²) in [6.07, 6.45) is 0.462. The molecule has 2 aromatic carbocycles. The van der Waals surface area contributed by atoms with Crippen molar-refractivity contribution in [3.8, 4) is 5.69 Å². The Hall–Kier alpha value is -3.13. The van der Waals surface area contributed by atoms with Gasteiger partial charge in [-0.1, -0.05) is 36.4 Å². The van der Waals surface area contributed by atoms with Crippen molar-refractivity contribution in [2.24, 2.45) is 7.05 Å². The fourth-order valence-corrected chi connectivity index (χ4v) is 5.40. The molecular weight excluding hydrogens is 390 g/mol. The largest absolute Gasteiger partial charge is 0.319 e. The maximum absolute atomic E-state index is 13.1. The highest BCUT2D eigenvalue weighted by Crippen LogP contribution is 2.47. The number of nitrogens with zero attached hydrogens (tertiary/aromatic N) is 2. The van der Waals surface area contributed by atoms with Gasteiger partial charge in [-0.25, -0.2) is 13.1 Å². The summed E-state index contributed by atoms with van der Waals surface area (Å²) in [6, 6.07) is 17.0. The first-order valence-corrected chi connectivity index (χ1v) is 10.7. The van der Waals surface area contributed by atoms with Crippen molar-refractivity contribution >= 4 is 21.4 Å². The number of aromatic nitrogens is 2. The predicted molar refractivity (Wildman–Crippen MR) is 110 cm³/mol. The molecule has 1 aromatic heterocycles. The Kier molecular flexibility index (Phi) is 4.46. The third-order valence-electron chi connectivity index (χ3n) is 5.48. The van der Waals surface area contributed by atoms with E-state index in [-0.39, 0.29) is 23.4 Å². The molecule has 4 rings (SSSR count). The van der Waals surface area contributed by atoms with Crippen LogP contribution in [0.2, 0.25) is 0 Å². The normalized spacial score (nSPS) is 15.1. The summed E-state index contributed by atoms with van der Waals surface area (Å²) >= 11 is 0. The average molecular weight is 411 g/mol. The lowest BCUT2D eigenvalue weighted by atomic mass is 10.3. The second-order valence-electron chi connectivity index (χ2n) is 7.20. The maximum atomic E-state index is 13.1. The summed E-state index contributed by atoms with van der Waals surface area (Å²) in [5, 5.41) is 2.62. The molecule has 0 spiro atoms. The van der Waals surface area contributed by atoms with E-state index in [1.165, 1.54) is 16.8 Å². The van der Waals surface area contributed by atoms with Gasteiger partial charge in [0.2, 0.25) is 5.91 Å². The number of rotatable bonds is 5. The van der Waals surface area contributed by atoms with Crippen molar-refractivity contribution in [2.45, 2.75) is 29.4 Å². The van der Waals surface area contributed by atoms with Crippen molar-refractivity contribution in [1.29, 1.82) is 0 Å². The zero-order valence-electron chi connectivity index (χ0n) is 16.1. The molecule has 1 amide bonds. The van der Waals surface area contributed by atoms with Crippen molar-refractivity contribution in [1.82, 2.24) is 9.36 Å². The van der Waals surface area contributed by atoms with Crippen LogP contribution in [0.3, 0.4) is 0 Å². The lowest BCUT2D eigenvalue weighted by molar-refractivity contribution is -0.116. The number of hydrogen-bond donors (Lipinski definition) is 1. The molecule has 1 aliphatic carbocycles. The molecule has 29 heavy (non-hydrogen) atoms. The van der Waals surface area contributed by atoms with Gasteiger partial charge < -0.3 is 5.32 Å². The smallest absolute Gasteiger partial charge is 0.295 e. The van der Waals surface area contributed by atoms with Crippen molar-refractivity contribution in [3.05, 3.63) is 76.7 Å². The molecule has 0 saturated heterocycles. The van der Waals surface area contributed by atoms with Crippen LogP contribution < -0.4 is 10.9 Å². The predicted octanol–water partition coefficient (Wildman–Crippen LogP) is 2.43. The van der Waals surface area contributed by atoms with Gasteiger partial charge >= 0.3 is 0 Å². The Balaban J connectivity index is 1.71. The van der Waals surface area contributed by atoms with Crippen LogP contribution in [0, 0.1) is 6.92 Å². The molecule has 1 N–H and O–H groups in total. The summed E-state index contributed by atoms with van der Waals surface area (Å²) in [5.74, 6) is -0.660. The van der Waals surface area contributed by atoms with Crippen LogP contribution in [0.25, 0.3) is 5.69 Å². The molecule has 0 aliphatic heterocycles. The summed E-state index contributed by atoms with van der Waals surface area (Å²) < 4.78 is 27.7. The highest BCUT2D eigenvalue weighted by atomic mass is 32.2. The molecule has 0 radical (unpaired) electrons. The molecule has 0 atom stereocenters. The molecule has 1 fully saturated rings.